The van der Waals surface area contributed by atoms with E-state index in [1.165, 1.54) is 22.9 Å². The Morgan fingerprint density at radius 3 is 2.10 bits per heavy atom. The van der Waals surface area contributed by atoms with Gasteiger partial charge in [0.1, 0.15) is 22.8 Å². The number of carbonyl (C=O) groups is 1. The number of aromatic nitrogens is 3. The molecule has 1 aromatic heterocycles. The third kappa shape index (κ3) is 4.48. The molecule has 4 heterocycles. The lowest BCUT2D eigenvalue weighted by Crippen LogP contribution is -2.51. The zero-order valence-corrected chi connectivity index (χ0v) is 21.1. The van der Waals surface area contributed by atoms with E-state index in [0.29, 0.717) is 50.4 Å². The standard InChI is InChI=1S/C28H26FN5O5/c29-22-3-4-24-23(13-22)30-31-34(24)28(35)33-9-7-32(8-10-33)27(18-1-5-25-20(11-18)14-36-16-38-25)19-2-6-26-21(12-19)15-37-17-39-26/h1-6,11-13,27H,7-10,14-17H2. The van der Waals surface area contributed by atoms with Crippen molar-refractivity contribution in [2.75, 3.05) is 39.8 Å². The number of rotatable bonds is 3. The lowest BCUT2D eigenvalue weighted by Gasteiger charge is -2.40. The number of benzene rings is 3. The molecule has 39 heavy (non-hydrogen) atoms. The molecule has 0 saturated carbocycles. The van der Waals surface area contributed by atoms with E-state index in [4.69, 9.17) is 18.9 Å². The van der Waals surface area contributed by atoms with E-state index in [1.807, 2.05) is 12.1 Å². The van der Waals surface area contributed by atoms with Crippen LogP contribution in [0.1, 0.15) is 28.3 Å². The van der Waals surface area contributed by atoms with Crippen molar-refractivity contribution in [2.24, 2.45) is 0 Å². The van der Waals surface area contributed by atoms with Crippen molar-refractivity contribution in [1.82, 2.24) is 24.8 Å². The van der Waals surface area contributed by atoms with Crippen LogP contribution in [-0.4, -0.2) is 70.6 Å². The van der Waals surface area contributed by atoms with Gasteiger partial charge in [-0.05, 0) is 47.5 Å². The van der Waals surface area contributed by atoms with Gasteiger partial charge in [0, 0.05) is 43.4 Å². The molecule has 1 saturated heterocycles. The fraction of sp³-hybridized carbons (Fsp3) is 0.321. The molecule has 3 aromatic carbocycles. The van der Waals surface area contributed by atoms with Crippen molar-refractivity contribution >= 4 is 17.1 Å². The Hall–Kier alpha value is -4.06. The average Bonchev–Trinajstić information content (AvgIpc) is 3.40. The molecule has 0 radical (unpaired) electrons. The predicted molar refractivity (Wildman–Crippen MR) is 137 cm³/mol. The van der Waals surface area contributed by atoms with Crippen LogP contribution in [0.25, 0.3) is 11.0 Å². The van der Waals surface area contributed by atoms with Crippen LogP contribution in [0.5, 0.6) is 11.5 Å². The first-order valence-corrected chi connectivity index (χ1v) is 12.8. The zero-order valence-electron chi connectivity index (χ0n) is 21.1. The van der Waals surface area contributed by atoms with E-state index in [1.54, 1.807) is 4.90 Å². The molecule has 0 bridgehead atoms. The SMILES string of the molecule is O=C(N1CCN(C(c2ccc3c(c2)COCO3)c2ccc3c(c2)COCO3)CC1)n1nnc2cc(F)ccc21. The molecule has 10 nitrogen and oxygen atoms in total. The molecule has 0 N–H and O–H groups in total. The summed E-state index contributed by atoms with van der Waals surface area (Å²) >= 11 is 0. The second kappa shape index (κ2) is 9.92. The highest BCUT2D eigenvalue weighted by Crippen LogP contribution is 2.36. The highest BCUT2D eigenvalue weighted by Gasteiger charge is 2.31. The first-order chi connectivity index (χ1) is 19.1. The smallest absolute Gasteiger partial charge is 0.346 e. The summed E-state index contributed by atoms with van der Waals surface area (Å²) in [5.41, 5.74) is 5.09. The van der Waals surface area contributed by atoms with E-state index in [0.717, 1.165) is 33.8 Å². The van der Waals surface area contributed by atoms with Gasteiger partial charge in [0.2, 0.25) is 0 Å². The number of hydrogen-bond acceptors (Lipinski definition) is 8. The molecule has 1 fully saturated rings. The van der Waals surface area contributed by atoms with Crippen LogP contribution in [0.2, 0.25) is 0 Å². The lowest BCUT2D eigenvalue weighted by atomic mass is 9.93. The summed E-state index contributed by atoms with van der Waals surface area (Å²) in [6.07, 6.45) is 0. The molecule has 0 unspecified atom stereocenters. The van der Waals surface area contributed by atoms with Gasteiger partial charge in [0.15, 0.2) is 13.6 Å². The number of halogens is 1. The zero-order chi connectivity index (χ0) is 26.3. The van der Waals surface area contributed by atoms with Gasteiger partial charge in [0.25, 0.3) is 0 Å². The molecule has 3 aliphatic rings. The average molecular weight is 532 g/mol. The number of hydrogen-bond donors (Lipinski definition) is 0. The van der Waals surface area contributed by atoms with E-state index in [9.17, 15) is 9.18 Å². The Bertz CT molecular complexity index is 1490. The largest absolute Gasteiger partial charge is 0.467 e. The number of carbonyl (C=O) groups excluding carboxylic acids is 1. The van der Waals surface area contributed by atoms with Crippen molar-refractivity contribution in [3.05, 3.63) is 82.7 Å². The number of amides is 1. The molecule has 7 rings (SSSR count). The molecule has 4 aromatic rings. The normalized spacial score (nSPS) is 17.4. The van der Waals surface area contributed by atoms with Crippen molar-refractivity contribution in [3.8, 4) is 11.5 Å². The van der Waals surface area contributed by atoms with Crippen molar-refractivity contribution in [2.45, 2.75) is 19.3 Å². The Labute approximate surface area is 223 Å². The van der Waals surface area contributed by atoms with Gasteiger partial charge in [-0.15, -0.1) is 5.10 Å². The van der Waals surface area contributed by atoms with Crippen LogP contribution >= 0.6 is 0 Å². The summed E-state index contributed by atoms with van der Waals surface area (Å²) < 4.78 is 37.2. The molecule has 0 atom stereocenters. The molecule has 200 valence electrons. The van der Waals surface area contributed by atoms with Crippen LogP contribution < -0.4 is 9.47 Å². The molecular weight excluding hydrogens is 505 g/mol. The first kappa shape index (κ1) is 24.0. The Balaban J connectivity index is 1.16. The number of nitrogens with zero attached hydrogens (tertiary/aromatic N) is 5. The van der Waals surface area contributed by atoms with Gasteiger partial charge in [-0.1, -0.05) is 17.3 Å². The lowest BCUT2D eigenvalue weighted by molar-refractivity contribution is -0.0165. The second-order valence-electron chi connectivity index (χ2n) is 9.80. The summed E-state index contributed by atoms with van der Waals surface area (Å²) in [6, 6.07) is 16.3. The molecule has 11 heteroatoms. The van der Waals surface area contributed by atoms with Crippen LogP contribution in [0.15, 0.2) is 54.6 Å². The van der Waals surface area contributed by atoms with Crippen molar-refractivity contribution in [3.63, 3.8) is 0 Å². The molecular formula is C28H26FN5O5. The maximum atomic E-state index is 13.6. The van der Waals surface area contributed by atoms with Gasteiger partial charge < -0.3 is 23.8 Å². The minimum Gasteiger partial charge on any atom is -0.467 e. The number of piperazine rings is 1. The fourth-order valence-corrected chi connectivity index (χ4v) is 5.52. The van der Waals surface area contributed by atoms with Crippen LogP contribution in [-0.2, 0) is 22.7 Å². The molecule has 3 aliphatic heterocycles. The maximum absolute atomic E-state index is 13.6. The van der Waals surface area contributed by atoms with Crippen LogP contribution in [0.4, 0.5) is 9.18 Å². The second-order valence-corrected chi connectivity index (χ2v) is 9.80. The molecule has 1 amide bonds. The maximum Gasteiger partial charge on any atom is 0.346 e. The summed E-state index contributed by atoms with van der Waals surface area (Å²) in [5.74, 6) is 1.26. The van der Waals surface area contributed by atoms with Gasteiger partial charge >= 0.3 is 6.03 Å². The minimum atomic E-state index is -0.415. The Morgan fingerprint density at radius 1 is 0.821 bits per heavy atom. The quantitative estimate of drug-likeness (QED) is 0.396. The van der Waals surface area contributed by atoms with E-state index in [-0.39, 0.29) is 25.7 Å². The summed E-state index contributed by atoms with van der Waals surface area (Å²) in [4.78, 5) is 17.4. The highest BCUT2D eigenvalue weighted by atomic mass is 19.1. The van der Waals surface area contributed by atoms with Gasteiger partial charge in [-0.25, -0.2) is 9.18 Å². The van der Waals surface area contributed by atoms with Crippen LogP contribution in [0.3, 0.4) is 0 Å². The van der Waals surface area contributed by atoms with Crippen LogP contribution in [0, 0.1) is 5.82 Å². The number of fused-ring (bicyclic) bond motifs is 3. The first-order valence-electron chi connectivity index (χ1n) is 12.8. The van der Waals surface area contributed by atoms with E-state index < -0.39 is 5.82 Å². The van der Waals surface area contributed by atoms with Gasteiger partial charge in [0.05, 0.1) is 24.8 Å². The van der Waals surface area contributed by atoms with Crippen molar-refractivity contribution in [1.29, 1.82) is 0 Å². The topological polar surface area (TPSA) is 91.2 Å². The minimum absolute atomic E-state index is 0.0584. The Morgan fingerprint density at radius 2 is 1.46 bits per heavy atom. The fourth-order valence-electron chi connectivity index (χ4n) is 5.52. The summed E-state index contributed by atoms with van der Waals surface area (Å²) in [5, 5.41) is 7.95. The third-order valence-electron chi connectivity index (χ3n) is 7.45. The van der Waals surface area contributed by atoms with E-state index in [2.05, 4.69) is 39.5 Å². The summed E-state index contributed by atoms with van der Waals surface area (Å²) in [6.45, 7) is 3.81. The highest BCUT2D eigenvalue weighted by molar-refractivity contribution is 5.87. The number of ether oxygens (including phenoxy) is 4. The molecule has 0 aliphatic carbocycles. The van der Waals surface area contributed by atoms with Crippen molar-refractivity contribution < 1.29 is 28.1 Å². The van der Waals surface area contributed by atoms with Gasteiger partial charge in [-0.2, -0.15) is 4.68 Å². The van der Waals surface area contributed by atoms with Gasteiger partial charge in [-0.3, -0.25) is 4.90 Å². The van der Waals surface area contributed by atoms with E-state index >= 15 is 0 Å². The molecule has 0 spiro atoms. The monoisotopic (exact) mass is 531 g/mol. The summed E-state index contributed by atoms with van der Waals surface area (Å²) in [7, 11) is 0. The Kier molecular flexibility index (Phi) is 6.11. The predicted octanol–water partition coefficient (Wildman–Crippen LogP) is 3.68. The third-order valence-corrected chi connectivity index (χ3v) is 7.45.